The second-order valence-electron chi connectivity index (χ2n) is 7.89. The summed E-state index contributed by atoms with van der Waals surface area (Å²) < 4.78 is 5.56. The van der Waals surface area contributed by atoms with E-state index in [-0.39, 0.29) is 10.6 Å². The van der Waals surface area contributed by atoms with Gasteiger partial charge in [-0.2, -0.15) is 0 Å². The average molecular weight is 398 g/mol. The number of fused-ring (bicyclic) bond motifs is 3. The molecule has 0 unspecified atom stereocenters. The van der Waals surface area contributed by atoms with Gasteiger partial charge in [-0.25, -0.2) is 0 Å². The second kappa shape index (κ2) is 8.91. The minimum absolute atomic E-state index is 0.223. The quantitative estimate of drug-likeness (QED) is 0.229. The summed E-state index contributed by atoms with van der Waals surface area (Å²) in [5, 5.41) is 14.2. The van der Waals surface area contributed by atoms with Crippen LogP contribution < -0.4 is 15.1 Å². The fourth-order valence-corrected chi connectivity index (χ4v) is 10.4. The van der Waals surface area contributed by atoms with Gasteiger partial charge in [0.05, 0.1) is 12.0 Å². The predicted octanol–water partition coefficient (Wildman–Crippen LogP) is 5.53. The standard InChI is InChI=1S/C23H31NO3Si/c1-4-6-8-14-28(15-9-7-5-2)22-16-18(24(25)26)10-12-20(22)21-13-11-19(27-3)17-23(21)28/h10-13,16-17H,4-9,14-15H2,1-3H3. The van der Waals surface area contributed by atoms with Crippen LogP contribution in [-0.4, -0.2) is 20.1 Å². The lowest BCUT2D eigenvalue weighted by atomic mass is 10.1. The molecule has 0 saturated heterocycles. The molecule has 5 heteroatoms. The van der Waals surface area contributed by atoms with Crippen LogP contribution in [0.3, 0.4) is 0 Å². The molecule has 0 saturated carbocycles. The van der Waals surface area contributed by atoms with Gasteiger partial charge in [0, 0.05) is 12.1 Å². The molecule has 1 heterocycles. The summed E-state index contributed by atoms with van der Waals surface area (Å²) in [7, 11) is -0.343. The van der Waals surface area contributed by atoms with Crippen molar-refractivity contribution in [2.24, 2.45) is 0 Å². The molecule has 28 heavy (non-hydrogen) atoms. The van der Waals surface area contributed by atoms with Crippen molar-refractivity contribution in [3.8, 4) is 16.9 Å². The number of hydrogen-bond acceptors (Lipinski definition) is 3. The fourth-order valence-electron chi connectivity index (χ4n) is 4.72. The third-order valence-electron chi connectivity index (χ3n) is 6.18. The van der Waals surface area contributed by atoms with E-state index in [1.807, 2.05) is 18.2 Å². The van der Waals surface area contributed by atoms with Crippen molar-refractivity contribution >= 4 is 24.1 Å². The molecule has 2 aromatic carbocycles. The summed E-state index contributed by atoms with van der Waals surface area (Å²) in [5.41, 5.74) is 2.70. The van der Waals surface area contributed by atoms with E-state index >= 15 is 0 Å². The van der Waals surface area contributed by atoms with Gasteiger partial charge in [0.2, 0.25) is 0 Å². The molecule has 0 spiro atoms. The first-order valence-electron chi connectivity index (χ1n) is 10.5. The van der Waals surface area contributed by atoms with Crippen molar-refractivity contribution in [2.75, 3.05) is 7.11 Å². The third kappa shape index (κ3) is 3.72. The maximum atomic E-state index is 11.5. The van der Waals surface area contributed by atoms with Crippen LogP contribution in [0.5, 0.6) is 5.75 Å². The van der Waals surface area contributed by atoms with Crippen LogP contribution in [-0.2, 0) is 0 Å². The summed E-state index contributed by atoms with van der Waals surface area (Å²) in [4.78, 5) is 11.3. The number of ether oxygens (including phenoxy) is 1. The smallest absolute Gasteiger partial charge is 0.269 e. The number of nitro groups is 1. The molecule has 0 amide bonds. The van der Waals surface area contributed by atoms with E-state index in [9.17, 15) is 10.1 Å². The van der Waals surface area contributed by atoms with Crippen molar-refractivity contribution in [1.82, 2.24) is 0 Å². The SMILES string of the molecule is CCCCC[Si]1(CCCCC)c2cc(OC)ccc2-c2ccc([N+](=O)[O-])cc21. The van der Waals surface area contributed by atoms with E-state index in [1.54, 1.807) is 13.2 Å². The van der Waals surface area contributed by atoms with Gasteiger partial charge < -0.3 is 4.74 Å². The Morgan fingerprint density at radius 3 is 2.00 bits per heavy atom. The van der Waals surface area contributed by atoms with Crippen molar-refractivity contribution in [1.29, 1.82) is 0 Å². The minimum atomic E-state index is -2.06. The Kier molecular flexibility index (Phi) is 6.55. The van der Waals surface area contributed by atoms with E-state index in [4.69, 9.17) is 4.74 Å². The van der Waals surface area contributed by atoms with Gasteiger partial charge >= 0.3 is 0 Å². The summed E-state index contributed by atoms with van der Waals surface area (Å²) in [6, 6.07) is 14.3. The highest BCUT2D eigenvalue weighted by Crippen LogP contribution is 2.37. The molecule has 0 aromatic heterocycles. The average Bonchev–Trinajstić information content (AvgIpc) is 2.97. The Morgan fingerprint density at radius 2 is 1.46 bits per heavy atom. The Balaban J connectivity index is 2.18. The van der Waals surface area contributed by atoms with Crippen LogP contribution >= 0.6 is 0 Å². The molecule has 4 nitrogen and oxygen atoms in total. The fraction of sp³-hybridized carbons (Fsp3) is 0.478. The molecule has 3 rings (SSSR count). The van der Waals surface area contributed by atoms with Gasteiger partial charge in [-0.15, -0.1) is 0 Å². The van der Waals surface area contributed by atoms with E-state index < -0.39 is 8.07 Å². The van der Waals surface area contributed by atoms with Crippen molar-refractivity contribution in [3.63, 3.8) is 0 Å². The number of non-ortho nitro benzene ring substituents is 1. The van der Waals surface area contributed by atoms with Crippen LogP contribution in [0.2, 0.25) is 12.1 Å². The number of nitro benzene ring substituents is 1. The highest BCUT2D eigenvalue weighted by Gasteiger charge is 2.45. The molecular formula is C23H31NO3Si. The molecule has 0 N–H and O–H groups in total. The molecule has 0 radical (unpaired) electrons. The highest BCUT2D eigenvalue weighted by atomic mass is 28.3. The molecule has 1 aliphatic rings. The zero-order valence-electron chi connectivity index (χ0n) is 17.3. The normalized spacial score (nSPS) is 13.8. The van der Waals surface area contributed by atoms with E-state index in [0.717, 1.165) is 5.75 Å². The number of unbranched alkanes of at least 4 members (excludes halogenated alkanes) is 4. The van der Waals surface area contributed by atoms with E-state index in [0.29, 0.717) is 0 Å². The lowest BCUT2D eigenvalue weighted by molar-refractivity contribution is -0.384. The van der Waals surface area contributed by atoms with Gasteiger partial charge in [-0.1, -0.05) is 58.4 Å². The van der Waals surface area contributed by atoms with Crippen LogP contribution in [0.15, 0.2) is 36.4 Å². The first kappa shape index (κ1) is 20.6. The van der Waals surface area contributed by atoms with Crippen LogP contribution in [0.25, 0.3) is 11.1 Å². The van der Waals surface area contributed by atoms with Crippen molar-refractivity contribution in [2.45, 2.75) is 64.5 Å². The molecule has 1 aliphatic heterocycles. The number of benzene rings is 2. The van der Waals surface area contributed by atoms with Gasteiger partial charge in [0.15, 0.2) is 0 Å². The third-order valence-corrected chi connectivity index (χ3v) is 11.5. The molecule has 0 fully saturated rings. The van der Waals surface area contributed by atoms with E-state index in [1.165, 1.54) is 72.1 Å². The summed E-state index contributed by atoms with van der Waals surface area (Å²) in [6.07, 6.45) is 7.18. The van der Waals surface area contributed by atoms with Crippen LogP contribution in [0, 0.1) is 10.1 Å². The lowest BCUT2D eigenvalue weighted by Gasteiger charge is -2.30. The Labute approximate surface area is 169 Å². The number of hydrogen-bond donors (Lipinski definition) is 0. The van der Waals surface area contributed by atoms with Crippen molar-refractivity contribution < 1.29 is 9.66 Å². The Bertz CT molecular complexity index is 840. The van der Waals surface area contributed by atoms with Gasteiger partial charge in [0.1, 0.15) is 13.8 Å². The first-order valence-corrected chi connectivity index (χ1v) is 13.0. The van der Waals surface area contributed by atoms with Gasteiger partial charge in [0.25, 0.3) is 5.69 Å². The van der Waals surface area contributed by atoms with Crippen LogP contribution in [0.4, 0.5) is 5.69 Å². The number of nitrogens with zero attached hydrogens (tertiary/aromatic N) is 1. The Morgan fingerprint density at radius 1 is 0.893 bits per heavy atom. The monoisotopic (exact) mass is 397 g/mol. The predicted molar refractivity (Wildman–Crippen MR) is 119 cm³/mol. The first-order chi connectivity index (χ1) is 13.6. The zero-order chi connectivity index (χ0) is 20.1. The zero-order valence-corrected chi connectivity index (χ0v) is 18.3. The molecule has 0 aliphatic carbocycles. The molecular weight excluding hydrogens is 366 g/mol. The molecule has 0 atom stereocenters. The van der Waals surface area contributed by atoms with Crippen LogP contribution in [0.1, 0.15) is 52.4 Å². The minimum Gasteiger partial charge on any atom is -0.497 e. The second-order valence-corrected chi connectivity index (χ2v) is 12.1. The largest absolute Gasteiger partial charge is 0.497 e. The lowest BCUT2D eigenvalue weighted by Crippen LogP contribution is -2.55. The Hall–Kier alpha value is -2.14. The summed E-state index contributed by atoms with van der Waals surface area (Å²) in [5.74, 6) is 0.893. The molecule has 150 valence electrons. The maximum absolute atomic E-state index is 11.5. The highest BCUT2D eigenvalue weighted by molar-refractivity contribution is 7.05. The van der Waals surface area contributed by atoms with Gasteiger partial charge in [-0.3, -0.25) is 10.1 Å². The van der Waals surface area contributed by atoms with Gasteiger partial charge in [-0.05, 0) is 51.8 Å². The van der Waals surface area contributed by atoms with E-state index in [2.05, 4.69) is 26.0 Å². The molecule has 2 aromatic rings. The van der Waals surface area contributed by atoms with Crippen molar-refractivity contribution in [3.05, 3.63) is 46.5 Å². The number of rotatable bonds is 10. The summed E-state index contributed by atoms with van der Waals surface area (Å²) >= 11 is 0. The summed E-state index contributed by atoms with van der Waals surface area (Å²) in [6.45, 7) is 4.46. The number of methoxy groups -OCH3 is 1. The maximum Gasteiger partial charge on any atom is 0.269 e. The molecule has 0 bridgehead atoms. The topological polar surface area (TPSA) is 52.4 Å².